The van der Waals surface area contributed by atoms with E-state index in [4.69, 9.17) is 0 Å². The number of thiophene rings is 1. The van der Waals surface area contributed by atoms with Gasteiger partial charge in [0.25, 0.3) is 0 Å². The minimum Gasteiger partial charge on any atom is -0.332 e. The van der Waals surface area contributed by atoms with Crippen LogP contribution in [0.1, 0.15) is 5.69 Å². The molecule has 0 saturated heterocycles. The van der Waals surface area contributed by atoms with Gasteiger partial charge in [0.15, 0.2) is 0 Å². The van der Waals surface area contributed by atoms with Crippen molar-refractivity contribution in [1.29, 1.82) is 0 Å². The molecule has 0 aliphatic heterocycles. The Bertz CT molecular complexity index is 1040. The number of anilines is 1. The van der Waals surface area contributed by atoms with Crippen LogP contribution in [0.25, 0.3) is 22.2 Å². The van der Waals surface area contributed by atoms with Gasteiger partial charge in [-0.3, -0.25) is 15.0 Å². The van der Waals surface area contributed by atoms with Gasteiger partial charge in [-0.2, -0.15) is 11.3 Å². The zero-order chi connectivity index (χ0) is 17.8. The summed E-state index contributed by atoms with van der Waals surface area (Å²) in [4.78, 5) is 25.4. The number of pyridine rings is 1. The number of carbonyl (C=O) groups is 1. The number of carbonyl (C=O) groups excluding carboxylic acids is 1. The van der Waals surface area contributed by atoms with Gasteiger partial charge < -0.3 is 10.6 Å². The summed E-state index contributed by atoms with van der Waals surface area (Å²) in [6, 6.07) is 11.1. The highest BCUT2D eigenvalue weighted by Crippen LogP contribution is 2.23. The third-order valence-corrected chi connectivity index (χ3v) is 4.56. The van der Waals surface area contributed by atoms with Crippen molar-refractivity contribution in [3.63, 3.8) is 0 Å². The first-order valence-corrected chi connectivity index (χ1v) is 8.96. The molecule has 0 bridgehead atoms. The molecule has 0 aliphatic carbocycles. The Morgan fingerprint density at radius 1 is 1.00 bits per heavy atom. The first-order chi connectivity index (χ1) is 12.8. The normalized spacial score (nSPS) is 10.6. The van der Waals surface area contributed by atoms with Crippen LogP contribution >= 0.6 is 11.3 Å². The van der Waals surface area contributed by atoms with E-state index in [1.807, 2.05) is 47.2 Å². The molecule has 6 nitrogen and oxygen atoms in total. The molecule has 3 heterocycles. The standard InChI is InChI=1S/C19H15N5OS/c25-19(24-16-5-1-4-15-14(16)3-2-7-20-15)23-11-17-18(22-9-8-21-17)13-6-10-26-12-13/h1-10,12H,11H2,(H2,23,24,25). The summed E-state index contributed by atoms with van der Waals surface area (Å²) in [6.45, 7) is 0.286. The molecule has 7 heteroatoms. The van der Waals surface area contributed by atoms with Crippen LogP contribution in [0, 0.1) is 0 Å². The van der Waals surface area contributed by atoms with E-state index in [0.29, 0.717) is 5.69 Å². The molecule has 26 heavy (non-hydrogen) atoms. The molecule has 2 N–H and O–H groups in total. The fourth-order valence-electron chi connectivity index (χ4n) is 2.68. The van der Waals surface area contributed by atoms with Crippen molar-refractivity contribution in [2.24, 2.45) is 0 Å². The number of hydrogen-bond donors (Lipinski definition) is 2. The van der Waals surface area contributed by atoms with Gasteiger partial charge in [0.2, 0.25) is 0 Å². The molecule has 0 aliphatic rings. The molecule has 0 radical (unpaired) electrons. The van der Waals surface area contributed by atoms with E-state index >= 15 is 0 Å². The minimum atomic E-state index is -0.303. The second kappa shape index (κ2) is 7.28. The van der Waals surface area contributed by atoms with E-state index in [-0.39, 0.29) is 12.6 Å². The lowest BCUT2D eigenvalue weighted by atomic mass is 10.2. The zero-order valence-corrected chi connectivity index (χ0v) is 14.5. The van der Waals surface area contributed by atoms with Crippen molar-refractivity contribution in [3.8, 4) is 11.3 Å². The quantitative estimate of drug-likeness (QED) is 0.574. The van der Waals surface area contributed by atoms with Crippen LogP contribution in [-0.4, -0.2) is 21.0 Å². The number of fused-ring (bicyclic) bond motifs is 1. The van der Waals surface area contributed by atoms with Gasteiger partial charge in [0, 0.05) is 34.9 Å². The Kier molecular flexibility index (Phi) is 4.53. The van der Waals surface area contributed by atoms with Gasteiger partial charge in [-0.05, 0) is 35.7 Å². The van der Waals surface area contributed by atoms with Crippen LogP contribution in [0.4, 0.5) is 10.5 Å². The molecular formula is C19H15N5OS. The number of nitrogens with zero attached hydrogens (tertiary/aromatic N) is 3. The number of rotatable bonds is 4. The summed E-state index contributed by atoms with van der Waals surface area (Å²) in [7, 11) is 0. The number of aromatic nitrogens is 3. The van der Waals surface area contributed by atoms with Crippen LogP contribution in [0.3, 0.4) is 0 Å². The van der Waals surface area contributed by atoms with Crippen LogP contribution in [0.2, 0.25) is 0 Å². The SMILES string of the molecule is O=C(NCc1nccnc1-c1ccsc1)Nc1cccc2ncccc12. The summed E-state index contributed by atoms with van der Waals surface area (Å²) < 4.78 is 0. The molecule has 0 saturated carbocycles. The van der Waals surface area contributed by atoms with E-state index in [9.17, 15) is 4.79 Å². The van der Waals surface area contributed by atoms with Gasteiger partial charge in [0.05, 0.1) is 29.1 Å². The highest BCUT2D eigenvalue weighted by molar-refractivity contribution is 7.08. The predicted molar refractivity (Wildman–Crippen MR) is 103 cm³/mol. The lowest BCUT2D eigenvalue weighted by molar-refractivity contribution is 0.251. The Labute approximate surface area is 154 Å². The fourth-order valence-corrected chi connectivity index (χ4v) is 3.32. The summed E-state index contributed by atoms with van der Waals surface area (Å²) in [6.07, 6.45) is 5.01. The molecule has 0 spiro atoms. The van der Waals surface area contributed by atoms with Crippen molar-refractivity contribution >= 4 is 34.0 Å². The average Bonchev–Trinajstić information content (AvgIpc) is 3.21. The third kappa shape index (κ3) is 3.38. The van der Waals surface area contributed by atoms with Crippen LogP contribution < -0.4 is 10.6 Å². The number of urea groups is 1. The smallest absolute Gasteiger partial charge is 0.319 e. The number of hydrogen-bond acceptors (Lipinski definition) is 5. The molecule has 0 fully saturated rings. The number of amides is 2. The summed E-state index contributed by atoms with van der Waals surface area (Å²) >= 11 is 1.60. The second-order valence-corrected chi connectivity index (χ2v) is 6.33. The maximum absolute atomic E-state index is 12.3. The summed E-state index contributed by atoms with van der Waals surface area (Å²) in [5.41, 5.74) is 4.05. The highest BCUT2D eigenvalue weighted by Gasteiger charge is 2.10. The molecule has 4 rings (SSSR count). The molecular weight excluding hydrogens is 346 g/mol. The summed E-state index contributed by atoms with van der Waals surface area (Å²) in [5, 5.41) is 10.6. The molecule has 0 atom stereocenters. The van der Waals surface area contributed by atoms with Crippen molar-refractivity contribution in [3.05, 3.63) is 71.4 Å². The molecule has 3 aromatic heterocycles. The third-order valence-electron chi connectivity index (χ3n) is 3.88. The minimum absolute atomic E-state index is 0.286. The van der Waals surface area contributed by atoms with Crippen molar-refractivity contribution in [2.45, 2.75) is 6.54 Å². The van der Waals surface area contributed by atoms with Gasteiger partial charge in [0.1, 0.15) is 0 Å². The first kappa shape index (κ1) is 16.2. The Hall–Kier alpha value is -3.32. The van der Waals surface area contributed by atoms with Crippen LogP contribution in [0.5, 0.6) is 0 Å². The zero-order valence-electron chi connectivity index (χ0n) is 13.7. The van der Waals surface area contributed by atoms with Crippen LogP contribution in [-0.2, 0) is 6.54 Å². The second-order valence-electron chi connectivity index (χ2n) is 5.55. The lowest BCUT2D eigenvalue weighted by Gasteiger charge is -2.11. The molecule has 4 aromatic rings. The van der Waals surface area contributed by atoms with Crippen molar-refractivity contribution in [2.75, 3.05) is 5.32 Å². The van der Waals surface area contributed by atoms with E-state index in [0.717, 1.165) is 27.9 Å². The lowest BCUT2D eigenvalue weighted by Crippen LogP contribution is -2.29. The van der Waals surface area contributed by atoms with E-state index in [1.165, 1.54) is 0 Å². The molecule has 0 unspecified atom stereocenters. The van der Waals surface area contributed by atoms with Crippen molar-refractivity contribution in [1.82, 2.24) is 20.3 Å². The van der Waals surface area contributed by atoms with Gasteiger partial charge in [-0.1, -0.05) is 6.07 Å². The Morgan fingerprint density at radius 3 is 2.81 bits per heavy atom. The predicted octanol–water partition coefficient (Wildman–Crippen LogP) is 4.08. The fraction of sp³-hybridized carbons (Fsp3) is 0.0526. The van der Waals surface area contributed by atoms with Gasteiger partial charge in [-0.15, -0.1) is 0 Å². The average molecular weight is 361 g/mol. The largest absolute Gasteiger partial charge is 0.332 e. The highest BCUT2D eigenvalue weighted by atomic mass is 32.1. The maximum atomic E-state index is 12.3. The van der Waals surface area contributed by atoms with Crippen molar-refractivity contribution < 1.29 is 4.79 Å². The van der Waals surface area contributed by atoms with Gasteiger partial charge >= 0.3 is 6.03 Å². The molecule has 1 aromatic carbocycles. The topological polar surface area (TPSA) is 79.8 Å². The van der Waals surface area contributed by atoms with E-state index < -0.39 is 0 Å². The van der Waals surface area contributed by atoms with E-state index in [2.05, 4.69) is 25.6 Å². The van der Waals surface area contributed by atoms with E-state index in [1.54, 1.807) is 29.9 Å². The maximum Gasteiger partial charge on any atom is 0.319 e. The molecule has 128 valence electrons. The number of nitrogens with one attached hydrogen (secondary N) is 2. The Morgan fingerprint density at radius 2 is 1.92 bits per heavy atom. The monoisotopic (exact) mass is 361 g/mol. The van der Waals surface area contributed by atoms with Crippen LogP contribution in [0.15, 0.2) is 65.7 Å². The Balaban J connectivity index is 1.48. The molecule has 2 amide bonds. The van der Waals surface area contributed by atoms with Gasteiger partial charge in [-0.25, -0.2) is 4.79 Å². The number of benzene rings is 1. The first-order valence-electron chi connectivity index (χ1n) is 8.02. The summed E-state index contributed by atoms with van der Waals surface area (Å²) in [5.74, 6) is 0.